The van der Waals surface area contributed by atoms with Crippen molar-refractivity contribution in [1.29, 1.82) is 0 Å². The van der Waals surface area contributed by atoms with E-state index in [2.05, 4.69) is 31.1 Å². The summed E-state index contributed by atoms with van der Waals surface area (Å²) >= 11 is 12.2. The van der Waals surface area contributed by atoms with Crippen LogP contribution in [0.4, 0.5) is 0 Å². The maximum Gasteiger partial charge on any atom is 0.0595 e. The van der Waals surface area contributed by atoms with Gasteiger partial charge >= 0.3 is 0 Å². The maximum absolute atomic E-state index is 6.19. The molecule has 1 nitrogen and oxygen atoms in total. The zero-order valence-electron chi connectivity index (χ0n) is 11.6. The topological polar surface area (TPSA) is 3.24 Å². The molecule has 1 saturated carbocycles. The van der Waals surface area contributed by atoms with Crippen LogP contribution in [0.1, 0.15) is 37.7 Å². The van der Waals surface area contributed by atoms with Crippen LogP contribution in [0.5, 0.6) is 0 Å². The molecule has 0 heterocycles. The Morgan fingerprint density at radius 2 is 1.68 bits per heavy atom. The van der Waals surface area contributed by atoms with Gasteiger partial charge in [0.25, 0.3) is 0 Å². The summed E-state index contributed by atoms with van der Waals surface area (Å²) in [4.78, 5) is 2.29. The van der Waals surface area contributed by atoms with Gasteiger partial charge in [0.2, 0.25) is 0 Å². The van der Waals surface area contributed by atoms with E-state index in [4.69, 9.17) is 23.2 Å². The molecule has 0 saturated heterocycles. The lowest BCUT2D eigenvalue weighted by molar-refractivity contribution is 0.216. The molecule has 1 aliphatic rings. The van der Waals surface area contributed by atoms with E-state index in [1.807, 2.05) is 6.07 Å². The Balaban J connectivity index is 0.00000180. The van der Waals surface area contributed by atoms with Gasteiger partial charge < -0.3 is 4.90 Å². The van der Waals surface area contributed by atoms with Gasteiger partial charge in [-0.2, -0.15) is 0 Å². The number of benzene rings is 1. The summed E-state index contributed by atoms with van der Waals surface area (Å²) in [5, 5.41) is 1.33. The second-order valence-corrected chi connectivity index (χ2v) is 6.52. The molecule has 1 fully saturated rings. The van der Waals surface area contributed by atoms with Crippen LogP contribution in [0.3, 0.4) is 0 Å². The summed E-state index contributed by atoms with van der Waals surface area (Å²) in [7, 11) is 4.29. The van der Waals surface area contributed by atoms with Gasteiger partial charge in [-0.05, 0) is 44.6 Å². The van der Waals surface area contributed by atoms with Crippen molar-refractivity contribution in [3.8, 4) is 0 Å². The van der Waals surface area contributed by atoms with E-state index < -0.39 is 0 Å². The molecule has 4 heteroatoms. The van der Waals surface area contributed by atoms with E-state index >= 15 is 0 Å². The molecule has 0 spiro atoms. The van der Waals surface area contributed by atoms with E-state index in [0.717, 1.165) is 6.54 Å². The van der Waals surface area contributed by atoms with Gasteiger partial charge in [-0.25, -0.2) is 0 Å². The average molecular weight is 323 g/mol. The number of likely N-dealkylation sites (N-methyl/N-ethyl adjacent to an activating group) is 1. The molecule has 1 aromatic carbocycles. The lowest BCUT2D eigenvalue weighted by Gasteiger charge is -2.40. The highest BCUT2D eigenvalue weighted by molar-refractivity contribution is 6.42. The van der Waals surface area contributed by atoms with Crippen LogP contribution in [0.25, 0.3) is 0 Å². The van der Waals surface area contributed by atoms with Gasteiger partial charge in [-0.15, -0.1) is 12.4 Å². The fraction of sp³-hybridized carbons (Fsp3) is 0.600. The molecule has 0 aromatic heterocycles. The Hall–Kier alpha value is 0.0500. The highest BCUT2D eigenvalue weighted by Crippen LogP contribution is 2.41. The van der Waals surface area contributed by atoms with E-state index in [-0.39, 0.29) is 17.8 Å². The molecule has 1 aromatic rings. The second kappa shape index (κ2) is 7.17. The van der Waals surface area contributed by atoms with Gasteiger partial charge in [0.15, 0.2) is 0 Å². The highest BCUT2D eigenvalue weighted by Gasteiger charge is 2.34. The molecule has 0 N–H and O–H groups in total. The van der Waals surface area contributed by atoms with Crippen molar-refractivity contribution in [2.75, 3.05) is 20.6 Å². The van der Waals surface area contributed by atoms with E-state index in [9.17, 15) is 0 Å². The molecule has 0 aliphatic heterocycles. The van der Waals surface area contributed by atoms with Crippen molar-refractivity contribution >= 4 is 35.6 Å². The monoisotopic (exact) mass is 321 g/mol. The van der Waals surface area contributed by atoms with Crippen LogP contribution >= 0.6 is 35.6 Å². The minimum Gasteiger partial charge on any atom is -0.309 e. The van der Waals surface area contributed by atoms with Crippen LogP contribution in [-0.4, -0.2) is 25.5 Å². The van der Waals surface area contributed by atoms with Crippen LogP contribution in [0, 0.1) is 0 Å². The fourth-order valence-electron chi connectivity index (χ4n) is 3.20. The minimum absolute atomic E-state index is 0. The van der Waals surface area contributed by atoms with E-state index in [0.29, 0.717) is 10.0 Å². The molecule has 0 bridgehead atoms. The first-order valence-corrected chi connectivity index (χ1v) is 7.39. The Bertz CT molecular complexity index is 412. The molecule has 0 atom stereocenters. The van der Waals surface area contributed by atoms with Crippen LogP contribution in [-0.2, 0) is 5.41 Å². The molecular formula is C15H22Cl3N. The van der Waals surface area contributed by atoms with Crippen molar-refractivity contribution in [3.63, 3.8) is 0 Å². The smallest absolute Gasteiger partial charge is 0.0595 e. The molecule has 2 rings (SSSR count). The molecule has 108 valence electrons. The average Bonchev–Trinajstić information content (AvgIpc) is 2.33. The fourth-order valence-corrected chi connectivity index (χ4v) is 3.50. The first-order chi connectivity index (χ1) is 8.53. The zero-order valence-corrected chi connectivity index (χ0v) is 13.9. The maximum atomic E-state index is 6.19. The van der Waals surface area contributed by atoms with Crippen LogP contribution < -0.4 is 0 Å². The Kier molecular flexibility index (Phi) is 6.46. The van der Waals surface area contributed by atoms with E-state index in [1.54, 1.807) is 0 Å². The van der Waals surface area contributed by atoms with Crippen molar-refractivity contribution in [3.05, 3.63) is 33.8 Å². The first kappa shape index (κ1) is 17.1. The summed E-state index contributed by atoms with van der Waals surface area (Å²) in [6.07, 6.45) is 6.49. The second-order valence-electron chi connectivity index (χ2n) is 5.71. The third kappa shape index (κ3) is 4.01. The molecule has 19 heavy (non-hydrogen) atoms. The minimum atomic E-state index is 0. The molecular weight excluding hydrogens is 301 g/mol. The molecule has 1 aliphatic carbocycles. The number of rotatable bonds is 3. The molecule has 0 radical (unpaired) electrons. The van der Waals surface area contributed by atoms with Crippen molar-refractivity contribution in [1.82, 2.24) is 4.90 Å². The Morgan fingerprint density at radius 1 is 1.05 bits per heavy atom. The lowest BCUT2D eigenvalue weighted by Crippen LogP contribution is -2.39. The number of nitrogens with zero attached hydrogens (tertiary/aromatic N) is 1. The van der Waals surface area contributed by atoms with Crippen molar-refractivity contribution in [2.24, 2.45) is 0 Å². The van der Waals surface area contributed by atoms with Gasteiger partial charge in [0.1, 0.15) is 0 Å². The van der Waals surface area contributed by atoms with Gasteiger partial charge in [0, 0.05) is 12.0 Å². The van der Waals surface area contributed by atoms with Gasteiger partial charge in [-0.1, -0.05) is 48.5 Å². The standard InChI is InChI=1S/C15H21Cl2N.ClH/c1-18(2)11-15(8-4-3-5-9-15)12-6-7-13(16)14(17)10-12;/h6-7,10H,3-5,8-9,11H2,1-2H3;1H. The third-order valence-corrected chi connectivity index (χ3v) is 4.70. The van der Waals surface area contributed by atoms with Gasteiger partial charge in [-0.3, -0.25) is 0 Å². The molecule has 0 unspecified atom stereocenters. The van der Waals surface area contributed by atoms with Crippen LogP contribution in [0.15, 0.2) is 18.2 Å². The lowest BCUT2D eigenvalue weighted by atomic mass is 9.69. The Morgan fingerprint density at radius 3 is 2.21 bits per heavy atom. The largest absolute Gasteiger partial charge is 0.309 e. The number of hydrogen-bond acceptors (Lipinski definition) is 1. The van der Waals surface area contributed by atoms with Gasteiger partial charge in [0.05, 0.1) is 10.0 Å². The normalized spacial score (nSPS) is 18.2. The number of halogens is 3. The van der Waals surface area contributed by atoms with Crippen molar-refractivity contribution < 1.29 is 0 Å². The Labute approximate surface area is 132 Å². The SMILES string of the molecule is CN(C)CC1(c2ccc(Cl)c(Cl)c2)CCCCC1.Cl. The summed E-state index contributed by atoms with van der Waals surface area (Å²) in [6, 6.07) is 6.16. The summed E-state index contributed by atoms with van der Waals surface area (Å²) in [5.74, 6) is 0. The first-order valence-electron chi connectivity index (χ1n) is 6.64. The third-order valence-electron chi connectivity index (χ3n) is 3.96. The summed E-state index contributed by atoms with van der Waals surface area (Å²) in [5.41, 5.74) is 1.61. The zero-order chi connectivity index (χ0) is 13.2. The predicted molar refractivity (Wildman–Crippen MR) is 87.0 cm³/mol. The number of hydrogen-bond donors (Lipinski definition) is 0. The molecule has 0 amide bonds. The van der Waals surface area contributed by atoms with Crippen molar-refractivity contribution in [2.45, 2.75) is 37.5 Å². The van der Waals surface area contributed by atoms with E-state index in [1.165, 1.54) is 37.7 Å². The van der Waals surface area contributed by atoms with Crippen LogP contribution in [0.2, 0.25) is 10.0 Å². The summed E-state index contributed by atoms with van der Waals surface area (Å²) < 4.78 is 0. The highest BCUT2D eigenvalue weighted by atomic mass is 35.5. The predicted octanol–water partition coefficient (Wildman–Crippen LogP) is 5.18. The summed E-state index contributed by atoms with van der Waals surface area (Å²) in [6.45, 7) is 1.09. The quantitative estimate of drug-likeness (QED) is 0.741.